The van der Waals surface area contributed by atoms with E-state index in [1.165, 1.54) is 7.11 Å². The average molecular weight is 401 g/mol. The maximum absolute atomic E-state index is 12.7. The highest BCUT2D eigenvalue weighted by atomic mass is 35.5. The maximum atomic E-state index is 12.7. The number of aromatic nitrogens is 2. The van der Waals surface area contributed by atoms with Crippen LogP contribution in [0.2, 0.25) is 5.02 Å². The highest BCUT2D eigenvalue weighted by Gasteiger charge is 2.15. The highest BCUT2D eigenvalue weighted by Crippen LogP contribution is 2.25. The number of fused-ring (bicyclic) bond motifs is 1. The number of nitrogens with zero attached hydrogens (tertiary/aromatic N) is 2. The van der Waals surface area contributed by atoms with Crippen LogP contribution in [0.5, 0.6) is 5.75 Å². The predicted octanol–water partition coefficient (Wildman–Crippen LogP) is 3.31. The fourth-order valence-corrected chi connectivity index (χ4v) is 3.41. The Morgan fingerprint density at radius 3 is 2.89 bits per heavy atom. The molecule has 2 heterocycles. The van der Waals surface area contributed by atoms with Crippen LogP contribution in [-0.2, 0) is 11.3 Å². The summed E-state index contributed by atoms with van der Waals surface area (Å²) in [5.74, 6) is 1.08. The van der Waals surface area contributed by atoms with Gasteiger partial charge in [0, 0.05) is 23.8 Å². The third-order valence-corrected chi connectivity index (χ3v) is 4.91. The van der Waals surface area contributed by atoms with Gasteiger partial charge in [0.2, 0.25) is 0 Å². The number of ether oxygens (including phenoxy) is 2. The van der Waals surface area contributed by atoms with Gasteiger partial charge in [0.1, 0.15) is 11.6 Å². The smallest absolute Gasteiger partial charge is 0.259 e. The van der Waals surface area contributed by atoms with Crippen molar-refractivity contribution in [1.82, 2.24) is 14.9 Å². The number of benzene rings is 2. The van der Waals surface area contributed by atoms with Crippen molar-refractivity contribution in [2.45, 2.75) is 6.54 Å². The van der Waals surface area contributed by atoms with Crippen molar-refractivity contribution < 1.29 is 14.3 Å². The SMILES string of the molecule is COc1ccc(Cl)cc1C(=O)Nc1ccc2nc(CN3CCOCC3)[nH]c2c1. The lowest BCUT2D eigenvalue weighted by atomic mass is 10.1. The summed E-state index contributed by atoms with van der Waals surface area (Å²) in [6.07, 6.45) is 0. The molecule has 1 fully saturated rings. The van der Waals surface area contributed by atoms with Gasteiger partial charge in [0.25, 0.3) is 5.91 Å². The van der Waals surface area contributed by atoms with E-state index in [2.05, 4.69) is 20.2 Å². The Balaban J connectivity index is 1.51. The molecule has 146 valence electrons. The van der Waals surface area contributed by atoms with E-state index in [0.717, 1.165) is 49.7 Å². The quantitative estimate of drug-likeness (QED) is 0.686. The summed E-state index contributed by atoms with van der Waals surface area (Å²) >= 11 is 6.02. The Morgan fingerprint density at radius 2 is 2.11 bits per heavy atom. The molecule has 28 heavy (non-hydrogen) atoms. The molecule has 0 bridgehead atoms. The molecule has 3 aromatic rings. The minimum absolute atomic E-state index is 0.285. The number of carbonyl (C=O) groups is 1. The number of anilines is 1. The number of H-pyrrole nitrogens is 1. The number of hydrogen-bond acceptors (Lipinski definition) is 5. The fourth-order valence-electron chi connectivity index (χ4n) is 3.24. The van der Waals surface area contributed by atoms with Crippen molar-refractivity contribution in [3.8, 4) is 5.75 Å². The number of methoxy groups -OCH3 is 1. The summed E-state index contributed by atoms with van der Waals surface area (Å²) in [6.45, 7) is 4.06. The van der Waals surface area contributed by atoms with E-state index in [9.17, 15) is 4.79 Å². The Kier molecular flexibility index (Phi) is 5.47. The molecule has 0 spiro atoms. The van der Waals surface area contributed by atoms with E-state index in [4.69, 9.17) is 21.1 Å². The zero-order valence-corrected chi connectivity index (χ0v) is 16.3. The number of amides is 1. The lowest BCUT2D eigenvalue weighted by Gasteiger charge is -2.25. The first kappa shape index (κ1) is 18.7. The summed E-state index contributed by atoms with van der Waals surface area (Å²) in [4.78, 5) is 22.9. The average Bonchev–Trinajstić information content (AvgIpc) is 3.10. The fraction of sp³-hybridized carbons (Fsp3) is 0.300. The van der Waals surface area contributed by atoms with Gasteiger partial charge in [0.05, 0.1) is 43.5 Å². The van der Waals surface area contributed by atoms with Gasteiger partial charge >= 0.3 is 0 Å². The molecule has 2 N–H and O–H groups in total. The van der Waals surface area contributed by atoms with Gasteiger partial charge in [0.15, 0.2) is 0 Å². The van der Waals surface area contributed by atoms with Crippen molar-refractivity contribution >= 4 is 34.2 Å². The van der Waals surface area contributed by atoms with Crippen molar-refractivity contribution in [2.24, 2.45) is 0 Å². The summed E-state index contributed by atoms with van der Waals surface area (Å²) in [6, 6.07) is 10.5. The Labute approximate surface area is 167 Å². The van der Waals surface area contributed by atoms with E-state index in [-0.39, 0.29) is 5.91 Å². The number of nitrogens with one attached hydrogen (secondary N) is 2. The zero-order valence-electron chi connectivity index (χ0n) is 15.5. The molecule has 1 aliphatic rings. The van der Waals surface area contributed by atoms with Gasteiger partial charge in [-0.1, -0.05) is 11.6 Å². The summed E-state index contributed by atoms with van der Waals surface area (Å²) in [5.41, 5.74) is 2.79. The molecule has 8 heteroatoms. The van der Waals surface area contributed by atoms with Gasteiger partial charge in [-0.25, -0.2) is 4.98 Å². The molecule has 0 radical (unpaired) electrons. The van der Waals surface area contributed by atoms with E-state index < -0.39 is 0 Å². The lowest BCUT2D eigenvalue weighted by Crippen LogP contribution is -2.35. The first-order valence-electron chi connectivity index (χ1n) is 9.06. The van der Waals surface area contributed by atoms with Crippen LogP contribution in [0.3, 0.4) is 0 Å². The van der Waals surface area contributed by atoms with Crippen LogP contribution < -0.4 is 10.1 Å². The first-order valence-corrected chi connectivity index (χ1v) is 9.44. The molecule has 0 unspecified atom stereocenters. The van der Waals surface area contributed by atoms with Crippen LogP contribution >= 0.6 is 11.6 Å². The Bertz CT molecular complexity index is 998. The Morgan fingerprint density at radius 1 is 1.29 bits per heavy atom. The van der Waals surface area contributed by atoms with Gasteiger partial charge in [-0.05, 0) is 36.4 Å². The normalized spacial score (nSPS) is 14.9. The van der Waals surface area contributed by atoms with Crippen LogP contribution in [0.4, 0.5) is 5.69 Å². The van der Waals surface area contributed by atoms with Crippen LogP contribution in [-0.4, -0.2) is 54.2 Å². The number of imidazole rings is 1. The maximum Gasteiger partial charge on any atom is 0.259 e. The van der Waals surface area contributed by atoms with Crippen molar-refractivity contribution in [1.29, 1.82) is 0 Å². The molecule has 1 amide bonds. The van der Waals surface area contributed by atoms with Crippen LogP contribution in [0.1, 0.15) is 16.2 Å². The molecule has 1 aromatic heterocycles. The molecule has 2 aromatic carbocycles. The topological polar surface area (TPSA) is 79.5 Å². The van der Waals surface area contributed by atoms with Crippen molar-refractivity contribution in [3.63, 3.8) is 0 Å². The number of morpholine rings is 1. The Hall–Kier alpha value is -2.61. The van der Waals surface area contributed by atoms with E-state index in [1.807, 2.05) is 18.2 Å². The summed E-state index contributed by atoms with van der Waals surface area (Å²) in [5, 5.41) is 3.37. The van der Waals surface area contributed by atoms with Gasteiger partial charge in [-0.2, -0.15) is 0 Å². The second kappa shape index (κ2) is 8.18. The van der Waals surface area contributed by atoms with Gasteiger partial charge in [-0.15, -0.1) is 0 Å². The molecule has 0 atom stereocenters. The lowest BCUT2D eigenvalue weighted by molar-refractivity contribution is 0.0332. The predicted molar refractivity (Wildman–Crippen MR) is 108 cm³/mol. The van der Waals surface area contributed by atoms with Crippen LogP contribution in [0.25, 0.3) is 11.0 Å². The monoisotopic (exact) mass is 400 g/mol. The summed E-state index contributed by atoms with van der Waals surface area (Å²) in [7, 11) is 1.52. The summed E-state index contributed by atoms with van der Waals surface area (Å²) < 4.78 is 10.6. The van der Waals surface area contributed by atoms with E-state index >= 15 is 0 Å². The van der Waals surface area contributed by atoms with Crippen LogP contribution in [0.15, 0.2) is 36.4 Å². The number of rotatable bonds is 5. The zero-order chi connectivity index (χ0) is 19.5. The molecule has 0 aliphatic carbocycles. The number of halogens is 1. The van der Waals surface area contributed by atoms with Gasteiger partial charge in [-0.3, -0.25) is 9.69 Å². The van der Waals surface area contributed by atoms with E-state index in [0.29, 0.717) is 22.0 Å². The van der Waals surface area contributed by atoms with Crippen molar-refractivity contribution in [2.75, 3.05) is 38.7 Å². The molecule has 1 aliphatic heterocycles. The molecular weight excluding hydrogens is 380 g/mol. The standard InChI is InChI=1S/C20H21ClN4O3/c1-27-18-5-2-13(21)10-15(18)20(26)22-14-3-4-16-17(11-14)24-19(23-16)12-25-6-8-28-9-7-25/h2-5,10-11H,6-9,12H2,1H3,(H,22,26)(H,23,24). The minimum Gasteiger partial charge on any atom is -0.496 e. The number of aromatic amines is 1. The minimum atomic E-state index is -0.285. The number of hydrogen-bond donors (Lipinski definition) is 2. The molecule has 0 saturated carbocycles. The molecule has 1 saturated heterocycles. The van der Waals surface area contributed by atoms with Crippen LogP contribution in [0, 0.1) is 0 Å². The van der Waals surface area contributed by atoms with E-state index in [1.54, 1.807) is 18.2 Å². The molecular formula is C20H21ClN4O3. The largest absolute Gasteiger partial charge is 0.496 e. The van der Waals surface area contributed by atoms with Crippen molar-refractivity contribution in [3.05, 3.63) is 52.8 Å². The second-order valence-electron chi connectivity index (χ2n) is 6.60. The van der Waals surface area contributed by atoms with Gasteiger partial charge < -0.3 is 19.8 Å². The number of carbonyl (C=O) groups excluding carboxylic acids is 1. The second-order valence-corrected chi connectivity index (χ2v) is 7.04. The highest BCUT2D eigenvalue weighted by molar-refractivity contribution is 6.31. The third kappa shape index (κ3) is 4.11. The first-order chi connectivity index (χ1) is 13.6. The molecule has 4 rings (SSSR count). The molecule has 7 nitrogen and oxygen atoms in total. The third-order valence-electron chi connectivity index (χ3n) is 4.67.